The maximum absolute atomic E-state index is 13.0. The van der Waals surface area contributed by atoms with E-state index >= 15 is 0 Å². The third-order valence-corrected chi connectivity index (χ3v) is 7.68. The number of fused-ring (bicyclic) bond motifs is 2. The van der Waals surface area contributed by atoms with Crippen molar-refractivity contribution in [2.75, 3.05) is 13.2 Å². The Bertz CT molecular complexity index is 1130. The molecule has 9 heteroatoms. The lowest BCUT2D eigenvalue weighted by Gasteiger charge is -2.27. The molecule has 0 bridgehead atoms. The van der Waals surface area contributed by atoms with Crippen LogP contribution in [0.2, 0.25) is 9.36 Å². The first kappa shape index (κ1) is 22.1. The van der Waals surface area contributed by atoms with E-state index in [0.29, 0.717) is 46.6 Å². The smallest absolute Gasteiger partial charge is 0.307 e. The summed E-state index contributed by atoms with van der Waals surface area (Å²) < 4.78 is 6.68. The van der Waals surface area contributed by atoms with Gasteiger partial charge >= 0.3 is 5.97 Å². The van der Waals surface area contributed by atoms with Crippen LogP contribution in [0.5, 0.6) is 0 Å². The Morgan fingerprint density at radius 2 is 2.13 bits per heavy atom. The summed E-state index contributed by atoms with van der Waals surface area (Å²) in [4.78, 5) is 28.2. The predicted octanol–water partition coefficient (Wildman–Crippen LogP) is 5.10. The van der Waals surface area contributed by atoms with E-state index in [4.69, 9.17) is 27.9 Å². The summed E-state index contributed by atoms with van der Waals surface area (Å²) in [5, 5.41) is 13.4. The van der Waals surface area contributed by atoms with Gasteiger partial charge in [0.05, 0.1) is 21.2 Å². The molecule has 31 heavy (non-hydrogen) atoms. The number of benzene rings is 1. The quantitative estimate of drug-likeness (QED) is 0.391. The van der Waals surface area contributed by atoms with E-state index in [2.05, 4.69) is 10.3 Å². The minimum absolute atomic E-state index is 0.299. The second-order valence-corrected chi connectivity index (χ2v) is 9.58. The molecule has 3 N–H and O–H groups in total. The highest BCUT2D eigenvalue weighted by Gasteiger charge is 2.41. The molecule has 0 aliphatic heterocycles. The standard InChI is InChI=1S/C22H22Cl2N2O4S/c1-2-30-8-7-13(22(28)29)17-12-6-4-3-5-11(12)9-14(17)26-21(27)15-10-16-19(25-15)18(23)20(24)31-16/h3-6,10,13-14,17,25H,2,7-9H2,1H3,(H,26,27)(H,28,29)/t13-,14-,17+/m1/s1. The molecule has 164 valence electrons. The van der Waals surface area contributed by atoms with Crippen molar-refractivity contribution in [1.29, 1.82) is 0 Å². The Labute approximate surface area is 193 Å². The Morgan fingerprint density at radius 1 is 1.35 bits per heavy atom. The minimum Gasteiger partial charge on any atom is -0.481 e. The summed E-state index contributed by atoms with van der Waals surface area (Å²) in [5.74, 6) is -2.19. The number of carboxylic acid groups (broad SMARTS) is 1. The molecule has 1 aromatic carbocycles. The van der Waals surface area contributed by atoms with Crippen LogP contribution in [0.4, 0.5) is 0 Å². The Morgan fingerprint density at radius 3 is 2.84 bits per heavy atom. The Balaban J connectivity index is 1.60. The van der Waals surface area contributed by atoms with Gasteiger partial charge in [-0.15, -0.1) is 11.3 Å². The lowest BCUT2D eigenvalue weighted by Crippen LogP contribution is -2.42. The van der Waals surface area contributed by atoms with Crippen LogP contribution in [0.3, 0.4) is 0 Å². The predicted molar refractivity (Wildman–Crippen MR) is 123 cm³/mol. The zero-order chi connectivity index (χ0) is 22.1. The van der Waals surface area contributed by atoms with E-state index in [1.165, 1.54) is 11.3 Å². The topological polar surface area (TPSA) is 91.4 Å². The van der Waals surface area contributed by atoms with E-state index in [0.717, 1.165) is 15.8 Å². The average molecular weight is 481 g/mol. The van der Waals surface area contributed by atoms with Crippen molar-refractivity contribution in [3.05, 3.63) is 56.5 Å². The van der Waals surface area contributed by atoms with Crippen LogP contribution in [0, 0.1) is 5.92 Å². The minimum atomic E-state index is -0.887. The van der Waals surface area contributed by atoms with Crippen molar-refractivity contribution < 1.29 is 19.4 Å². The molecule has 2 heterocycles. The van der Waals surface area contributed by atoms with Crippen LogP contribution in [-0.4, -0.2) is 41.2 Å². The zero-order valence-corrected chi connectivity index (χ0v) is 19.1. The van der Waals surface area contributed by atoms with E-state index in [-0.39, 0.29) is 17.9 Å². The van der Waals surface area contributed by atoms with Gasteiger partial charge in [-0.25, -0.2) is 0 Å². The fourth-order valence-electron chi connectivity index (χ4n) is 4.36. The van der Waals surface area contributed by atoms with Crippen molar-refractivity contribution in [2.45, 2.75) is 31.7 Å². The molecule has 3 aromatic rings. The van der Waals surface area contributed by atoms with Crippen LogP contribution in [-0.2, 0) is 16.0 Å². The van der Waals surface area contributed by atoms with Crippen molar-refractivity contribution >= 4 is 56.6 Å². The normalized spacial score (nSPS) is 18.8. The van der Waals surface area contributed by atoms with Gasteiger partial charge in [0, 0.05) is 25.2 Å². The van der Waals surface area contributed by atoms with Gasteiger partial charge in [0.2, 0.25) is 0 Å². The number of H-pyrrole nitrogens is 1. The van der Waals surface area contributed by atoms with E-state index < -0.39 is 11.9 Å². The molecular weight excluding hydrogens is 459 g/mol. The van der Waals surface area contributed by atoms with Crippen molar-refractivity contribution in [1.82, 2.24) is 10.3 Å². The third-order valence-electron chi connectivity index (χ3n) is 5.75. The first-order valence-corrected chi connectivity index (χ1v) is 11.6. The third kappa shape index (κ3) is 4.32. The number of ether oxygens (including phenoxy) is 1. The average Bonchev–Trinajstić information content (AvgIpc) is 3.38. The molecule has 0 saturated heterocycles. The van der Waals surface area contributed by atoms with Gasteiger partial charge in [-0.2, -0.15) is 0 Å². The van der Waals surface area contributed by atoms with Gasteiger partial charge in [-0.3, -0.25) is 9.59 Å². The van der Waals surface area contributed by atoms with E-state index in [9.17, 15) is 14.7 Å². The Kier molecular flexibility index (Phi) is 6.57. The number of carbonyl (C=O) groups excluding carboxylic acids is 1. The monoisotopic (exact) mass is 480 g/mol. The fourth-order valence-corrected chi connectivity index (χ4v) is 5.84. The van der Waals surface area contributed by atoms with Gasteiger partial charge in [0.1, 0.15) is 10.0 Å². The summed E-state index contributed by atoms with van der Waals surface area (Å²) >= 11 is 13.5. The van der Waals surface area contributed by atoms with Crippen molar-refractivity contribution in [3.63, 3.8) is 0 Å². The molecule has 0 saturated carbocycles. The van der Waals surface area contributed by atoms with Crippen LogP contribution in [0.15, 0.2) is 30.3 Å². The number of carbonyl (C=O) groups is 2. The second kappa shape index (κ2) is 9.20. The van der Waals surface area contributed by atoms with Gasteiger partial charge in [0.25, 0.3) is 5.91 Å². The fraction of sp³-hybridized carbons (Fsp3) is 0.364. The number of aromatic nitrogens is 1. The maximum Gasteiger partial charge on any atom is 0.307 e. The van der Waals surface area contributed by atoms with E-state index in [1.807, 2.05) is 31.2 Å². The van der Waals surface area contributed by atoms with Crippen LogP contribution >= 0.6 is 34.5 Å². The van der Waals surface area contributed by atoms with Crippen molar-refractivity contribution in [2.24, 2.45) is 5.92 Å². The Hall–Kier alpha value is -2.06. The number of hydrogen-bond donors (Lipinski definition) is 3. The lowest BCUT2D eigenvalue weighted by atomic mass is 9.82. The van der Waals surface area contributed by atoms with Crippen LogP contribution in [0.1, 0.15) is 40.9 Å². The molecule has 0 spiro atoms. The molecule has 6 nitrogen and oxygen atoms in total. The molecule has 1 aliphatic carbocycles. The molecule has 2 aromatic heterocycles. The lowest BCUT2D eigenvalue weighted by molar-refractivity contribution is -0.143. The summed E-state index contributed by atoms with van der Waals surface area (Å²) in [5.41, 5.74) is 3.03. The number of halogens is 2. The number of hydrogen-bond acceptors (Lipinski definition) is 4. The molecule has 0 fully saturated rings. The molecule has 1 aliphatic rings. The highest BCUT2D eigenvalue weighted by atomic mass is 35.5. The van der Waals surface area contributed by atoms with Crippen LogP contribution in [0.25, 0.3) is 10.2 Å². The van der Waals surface area contributed by atoms with Gasteiger partial charge in [-0.05, 0) is 37.0 Å². The van der Waals surface area contributed by atoms with E-state index in [1.54, 1.807) is 6.07 Å². The van der Waals surface area contributed by atoms with Crippen LogP contribution < -0.4 is 5.32 Å². The number of amides is 1. The highest BCUT2D eigenvalue weighted by Crippen LogP contribution is 2.41. The second-order valence-electron chi connectivity index (χ2n) is 7.55. The first-order valence-electron chi connectivity index (χ1n) is 10.1. The summed E-state index contributed by atoms with van der Waals surface area (Å²) in [6, 6.07) is 9.15. The maximum atomic E-state index is 13.0. The number of aromatic amines is 1. The molecule has 4 rings (SSSR count). The zero-order valence-electron chi connectivity index (χ0n) is 16.8. The number of aliphatic carboxylic acids is 1. The van der Waals surface area contributed by atoms with Gasteiger partial charge < -0.3 is 20.1 Å². The molecule has 0 radical (unpaired) electrons. The van der Waals surface area contributed by atoms with Gasteiger partial charge in [-0.1, -0.05) is 47.5 Å². The highest BCUT2D eigenvalue weighted by molar-refractivity contribution is 7.23. The summed E-state index contributed by atoms with van der Waals surface area (Å²) in [6.45, 7) is 2.77. The first-order chi connectivity index (χ1) is 14.9. The largest absolute Gasteiger partial charge is 0.481 e. The number of nitrogens with one attached hydrogen (secondary N) is 2. The van der Waals surface area contributed by atoms with Crippen molar-refractivity contribution in [3.8, 4) is 0 Å². The summed E-state index contributed by atoms with van der Waals surface area (Å²) in [7, 11) is 0. The van der Waals surface area contributed by atoms with Gasteiger partial charge in [0.15, 0.2) is 0 Å². The number of carboxylic acids is 1. The SMILES string of the molecule is CCOCC[C@@H](C(=O)O)[C@@H]1c2ccccc2C[C@H]1NC(=O)c1cc2sc(Cl)c(Cl)c2[nH]1. The number of rotatable bonds is 8. The molecular formula is C22H22Cl2N2O4S. The molecule has 1 amide bonds. The number of thiophene rings is 1. The summed E-state index contributed by atoms with van der Waals surface area (Å²) in [6.07, 6.45) is 0.952. The molecule has 3 atom stereocenters. The molecule has 0 unspecified atom stereocenters.